The van der Waals surface area contributed by atoms with Crippen LogP contribution in [0, 0.1) is 0 Å². The molecule has 0 spiro atoms. The van der Waals surface area contributed by atoms with E-state index in [1.165, 1.54) is 40.3 Å². The number of carbonyl (C=O) groups is 3. The molecule has 166 valence electrons. The van der Waals surface area contributed by atoms with Crippen LogP contribution in [-0.4, -0.2) is 60.1 Å². The van der Waals surface area contributed by atoms with E-state index in [2.05, 4.69) is 10.1 Å². The molecule has 11 heteroatoms. The zero-order valence-electron chi connectivity index (χ0n) is 16.5. The van der Waals surface area contributed by atoms with Gasteiger partial charge in [-0.25, -0.2) is 0 Å². The number of thiophene rings is 1. The first-order valence-corrected chi connectivity index (χ1v) is 10.3. The van der Waals surface area contributed by atoms with Crippen LogP contribution in [0.3, 0.4) is 0 Å². The lowest BCUT2D eigenvalue weighted by Gasteiger charge is -2.27. The van der Waals surface area contributed by atoms with Crippen molar-refractivity contribution in [3.63, 3.8) is 0 Å². The third-order valence-electron chi connectivity index (χ3n) is 4.66. The molecule has 1 saturated heterocycles. The van der Waals surface area contributed by atoms with Crippen LogP contribution >= 0.6 is 11.3 Å². The number of rotatable bonds is 6. The number of halogens is 3. The number of ether oxygens (including phenoxy) is 1. The van der Waals surface area contributed by atoms with Crippen LogP contribution in [0.1, 0.15) is 22.5 Å². The summed E-state index contributed by atoms with van der Waals surface area (Å²) in [7, 11) is 1.47. The van der Waals surface area contributed by atoms with Crippen molar-refractivity contribution in [3.05, 3.63) is 46.7 Å². The predicted octanol–water partition coefficient (Wildman–Crippen LogP) is 3.35. The lowest BCUT2D eigenvalue weighted by Crippen LogP contribution is -2.48. The maximum atomic E-state index is 12.8. The van der Waals surface area contributed by atoms with Crippen molar-refractivity contribution in [3.8, 4) is 5.75 Å². The summed E-state index contributed by atoms with van der Waals surface area (Å²) in [6.45, 7) is 0.205. The highest BCUT2D eigenvalue weighted by Gasteiger charge is 2.36. The minimum atomic E-state index is -4.80. The number of alkyl halides is 3. The van der Waals surface area contributed by atoms with Gasteiger partial charge >= 0.3 is 6.36 Å². The third-order valence-corrected chi connectivity index (χ3v) is 5.52. The zero-order chi connectivity index (χ0) is 22.6. The van der Waals surface area contributed by atoms with Gasteiger partial charge in [0.1, 0.15) is 11.8 Å². The van der Waals surface area contributed by atoms with Gasteiger partial charge in [-0.3, -0.25) is 14.4 Å². The molecule has 2 aromatic rings. The number of carbonyl (C=O) groups excluding carboxylic acids is 3. The zero-order valence-corrected chi connectivity index (χ0v) is 17.3. The second-order valence-corrected chi connectivity index (χ2v) is 7.90. The van der Waals surface area contributed by atoms with Gasteiger partial charge in [0.15, 0.2) is 0 Å². The van der Waals surface area contributed by atoms with E-state index in [-0.39, 0.29) is 24.0 Å². The molecule has 31 heavy (non-hydrogen) atoms. The average Bonchev–Trinajstić information content (AvgIpc) is 3.39. The first-order chi connectivity index (χ1) is 14.6. The fourth-order valence-electron chi connectivity index (χ4n) is 3.30. The molecule has 7 nitrogen and oxygen atoms in total. The SMILES string of the molecule is CN(CC(=O)Nc1ccc(OC(F)(F)F)cc1)C(=O)[C@H]1CCCN1C(=O)c1cccs1. The largest absolute Gasteiger partial charge is 0.573 e. The van der Waals surface area contributed by atoms with Crippen LogP contribution in [0.25, 0.3) is 0 Å². The van der Waals surface area contributed by atoms with Crippen molar-refractivity contribution in [2.24, 2.45) is 0 Å². The van der Waals surface area contributed by atoms with Gasteiger partial charge in [-0.2, -0.15) is 0 Å². The normalized spacial score (nSPS) is 16.1. The number of amides is 3. The Bertz CT molecular complexity index is 932. The maximum absolute atomic E-state index is 12.8. The van der Waals surface area contributed by atoms with Crippen molar-refractivity contribution < 1.29 is 32.3 Å². The summed E-state index contributed by atoms with van der Waals surface area (Å²) in [5.41, 5.74) is 0.260. The molecule has 1 aliphatic rings. The van der Waals surface area contributed by atoms with Gasteiger partial charge in [0.25, 0.3) is 5.91 Å². The lowest BCUT2D eigenvalue weighted by molar-refractivity contribution is -0.274. The Labute approximate surface area is 180 Å². The van der Waals surface area contributed by atoms with E-state index >= 15 is 0 Å². The summed E-state index contributed by atoms with van der Waals surface area (Å²) in [5, 5.41) is 4.31. The fourth-order valence-corrected chi connectivity index (χ4v) is 3.98. The Morgan fingerprint density at radius 2 is 1.94 bits per heavy atom. The second kappa shape index (κ2) is 9.38. The molecule has 3 amide bonds. The summed E-state index contributed by atoms with van der Waals surface area (Å²) in [5.74, 6) is -1.47. The van der Waals surface area contributed by atoms with E-state index in [1.807, 2.05) is 0 Å². The standard InChI is InChI=1S/C20H20F3N3O4S/c1-25(12-17(27)24-13-6-8-14(9-7-13)30-20(21,22)23)18(28)15-4-2-10-26(15)19(29)16-5-3-11-31-16/h3,5-9,11,15H,2,4,10,12H2,1H3,(H,24,27)/t15-/m1/s1. The highest BCUT2D eigenvalue weighted by Crippen LogP contribution is 2.25. The molecule has 3 rings (SSSR count). The Balaban J connectivity index is 1.55. The molecule has 0 radical (unpaired) electrons. The van der Waals surface area contributed by atoms with E-state index in [4.69, 9.17) is 0 Å². The first-order valence-electron chi connectivity index (χ1n) is 9.39. The monoisotopic (exact) mass is 455 g/mol. The van der Waals surface area contributed by atoms with Gasteiger partial charge in [0.2, 0.25) is 11.8 Å². The molecule has 1 N–H and O–H groups in total. The van der Waals surface area contributed by atoms with E-state index in [9.17, 15) is 27.6 Å². The van der Waals surface area contributed by atoms with Crippen molar-refractivity contribution >= 4 is 34.7 Å². The Hall–Kier alpha value is -3.08. The van der Waals surface area contributed by atoms with Crippen molar-refractivity contribution in [1.82, 2.24) is 9.80 Å². The fraction of sp³-hybridized carbons (Fsp3) is 0.350. The highest BCUT2D eigenvalue weighted by atomic mass is 32.1. The number of hydrogen-bond acceptors (Lipinski definition) is 5. The number of likely N-dealkylation sites (tertiary alicyclic amines) is 1. The summed E-state index contributed by atoms with van der Waals surface area (Å²) in [6, 6.07) is 7.51. The van der Waals surface area contributed by atoms with Crippen LogP contribution in [0.4, 0.5) is 18.9 Å². The Morgan fingerprint density at radius 1 is 1.23 bits per heavy atom. The van der Waals surface area contributed by atoms with Gasteiger partial charge in [0.05, 0.1) is 11.4 Å². The third kappa shape index (κ3) is 5.97. The number of nitrogens with one attached hydrogen (secondary N) is 1. The molecule has 0 unspecified atom stereocenters. The van der Waals surface area contributed by atoms with E-state index in [0.29, 0.717) is 24.3 Å². The molecule has 0 aliphatic carbocycles. The number of nitrogens with zero attached hydrogens (tertiary/aromatic N) is 2. The van der Waals surface area contributed by atoms with E-state index < -0.39 is 24.1 Å². The molecule has 2 heterocycles. The Kier molecular flexibility index (Phi) is 6.84. The topological polar surface area (TPSA) is 79.0 Å². The highest BCUT2D eigenvalue weighted by molar-refractivity contribution is 7.12. The first kappa shape index (κ1) is 22.6. The summed E-state index contributed by atoms with van der Waals surface area (Å²) in [4.78, 5) is 41.0. The van der Waals surface area contributed by atoms with Gasteiger partial charge in [-0.1, -0.05) is 6.07 Å². The minimum absolute atomic E-state index is 0.204. The number of hydrogen-bond donors (Lipinski definition) is 1. The molecule has 1 aromatic carbocycles. The molecule has 0 saturated carbocycles. The van der Waals surface area contributed by atoms with Crippen molar-refractivity contribution in [2.45, 2.75) is 25.2 Å². The molecule has 1 atom stereocenters. The number of likely N-dealkylation sites (N-methyl/N-ethyl adjacent to an activating group) is 1. The second-order valence-electron chi connectivity index (χ2n) is 6.95. The minimum Gasteiger partial charge on any atom is -0.406 e. The molecule has 1 aliphatic heterocycles. The summed E-state index contributed by atoms with van der Waals surface area (Å²) < 4.78 is 40.4. The van der Waals surface area contributed by atoms with Crippen molar-refractivity contribution in [1.29, 1.82) is 0 Å². The lowest BCUT2D eigenvalue weighted by atomic mass is 10.2. The van der Waals surface area contributed by atoms with Gasteiger partial charge < -0.3 is 19.9 Å². The number of benzene rings is 1. The summed E-state index contributed by atoms with van der Waals surface area (Å²) in [6.07, 6.45) is -3.59. The van der Waals surface area contributed by atoms with Crippen molar-refractivity contribution in [2.75, 3.05) is 25.5 Å². The van der Waals surface area contributed by atoms with E-state index in [0.717, 1.165) is 12.1 Å². The average molecular weight is 455 g/mol. The predicted molar refractivity (Wildman–Crippen MR) is 108 cm³/mol. The molecule has 1 fully saturated rings. The Morgan fingerprint density at radius 3 is 2.55 bits per heavy atom. The van der Waals surface area contributed by atoms with Crippen LogP contribution in [0.15, 0.2) is 41.8 Å². The van der Waals surface area contributed by atoms with Gasteiger partial charge in [0, 0.05) is 19.3 Å². The van der Waals surface area contributed by atoms with Gasteiger partial charge in [-0.05, 0) is 48.6 Å². The van der Waals surface area contributed by atoms with E-state index in [1.54, 1.807) is 17.5 Å². The van der Waals surface area contributed by atoms with Crippen LogP contribution < -0.4 is 10.1 Å². The number of anilines is 1. The molecule has 1 aromatic heterocycles. The smallest absolute Gasteiger partial charge is 0.406 e. The quantitative estimate of drug-likeness (QED) is 0.725. The van der Waals surface area contributed by atoms with Crippen LogP contribution in [0.5, 0.6) is 5.75 Å². The van der Waals surface area contributed by atoms with Gasteiger partial charge in [-0.15, -0.1) is 24.5 Å². The summed E-state index contributed by atoms with van der Waals surface area (Å²) >= 11 is 1.30. The van der Waals surface area contributed by atoms with Crippen LogP contribution in [-0.2, 0) is 9.59 Å². The molecular weight excluding hydrogens is 435 g/mol. The molecule has 0 bridgehead atoms. The maximum Gasteiger partial charge on any atom is 0.573 e. The van der Waals surface area contributed by atoms with Crippen LogP contribution in [0.2, 0.25) is 0 Å². The molecular formula is C20H20F3N3O4S.